The third-order valence-corrected chi connectivity index (χ3v) is 6.45. The Hall–Kier alpha value is -1.07. The van der Waals surface area contributed by atoms with Gasteiger partial charge in [-0.2, -0.15) is 0 Å². The molecular weight excluding hydrogens is 364 g/mol. The molecule has 1 aromatic heterocycles. The topological polar surface area (TPSA) is 15.7 Å². The minimum absolute atomic E-state index is 0.803. The van der Waals surface area contributed by atoms with Crippen LogP contribution in [0.5, 0.6) is 5.75 Å². The quantitative estimate of drug-likeness (QED) is 0.641. The summed E-state index contributed by atoms with van der Waals surface area (Å²) in [6.45, 7) is 5.71. The second-order valence-corrected chi connectivity index (χ2v) is 9.09. The smallest absolute Gasteiger partial charge is 0.118 e. The Labute approximate surface area is 166 Å². The molecule has 2 aromatic rings. The molecule has 0 bridgehead atoms. The van der Waals surface area contributed by atoms with E-state index in [-0.39, 0.29) is 0 Å². The normalized spacial score (nSPS) is 16.3. The van der Waals surface area contributed by atoms with Gasteiger partial charge in [-0.05, 0) is 75.1 Å². The van der Waals surface area contributed by atoms with Crippen LogP contribution in [0, 0.1) is 5.92 Å². The van der Waals surface area contributed by atoms with E-state index in [0.29, 0.717) is 0 Å². The molecular formula is C21H29ClN2OS. The molecule has 1 aliphatic heterocycles. The average molecular weight is 393 g/mol. The van der Waals surface area contributed by atoms with Crippen LogP contribution in [0.25, 0.3) is 0 Å². The van der Waals surface area contributed by atoms with E-state index >= 15 is 0 Å². The summed E-state index contributed by atoms with van der Waals surface area (Å²) in [5, 5.41) is 0. The van der Waals surface area contributed by atoms with Crippen molar-refractivity contribution >= 4 is 22.9 Å². The third-order valence-electron chi connectivity index (χ3n) is 5.24. The predicted octanol–water partition coefficient (Wildman–Crippen LogP) is 4.80. The summed E-state index contributed by atoms with van der Waals surface area (Å²) in [5.74, 6) is 1.72. The van der Waals surface area contributed by atoms with Gasteiger partial charge in [-0.15, -0.1) is 11.3 Å². The zero-order chi connectivity index (χ0) is 18.4. The standard InChI is InChI=1S/C21H29ClN2OS/c1-23-12-9-18(10-13-23)15-24(16-20-7-8-21(22)26-20)14-11-17-3-5-19(25-2)6-4-17/h3-8,18H,9-16H2,1-2H3. The summed E-state index contributed by atoms with van der Waals surface area (Å²) in [5.41, 5.74) is 1.36. The van der Waals surface area contributed by atoms with Gasteiger partial charge in [0.2, 0.25) is 0 Å². The summed E-state index contributed by atoms with van der Waals surface area (Å²) in [4.78, 5) is 6.41. The molecule has 26 heavy (non-hydrogen) atoms. The molecule has 0 spiro atoms. The van der Waals surface area contributed by atoms with Gasteiger partial charge >= 0.3 is 0 Å². The Bertz CT molecular complexity index is 665. The Kier molecular flexibility index (Phi) is 7.38. The van der Waals surface area contributed by atoms with Crippen molar-refractivity contribution in [1.82, 2.24) is 9.80 Å². The molecule has 1 saturated heterocycles. The second-order valence-electron chi connectivity index (χ2n) is 7.29. The fourth-order valence-corrected chi connectivity index (χ4v) is 4.71. The first-order valence-corrected chi connectivity index (χ1v) is 10.6. The number of halogens is 1. The van der Waals surface area contributed by atoms with Crippen molar-refractivity contribution in [2.45, 2.75) is 25.8 Å². The van der Waals surface area contributed by atoms with Gasteiger partial charge < -0.3 is 9.64 Å². The SMILES string of the molecule is COc1ccc(CCN(Cc2ccc(Cl)s2)CC2CCN(C)CC2)cc1. The molecule has 142 valence electrons. The van der Waals surface area contributed by atoms with Crippen LogP contribution in [0.15, 0.2) is 36.4 Å². The van der Waals surface area contributed by atoms with Crippen molar-refractivity contribution in [2.24, 2.45) is 5.92 Å². The Morgan fingerprint density at radius 3 is 2.50 bits per heavy atom. The Morgan fingerprint density at radius 1 is 1.15 bits per heavy atom. The zero-order valence-corrected chi connectivity index (χ0v) is 17.4. The van der Waals surface area contributed by atoms with E-state index in [1.807, 2.05) is 6.07 Å². The van der Waals surface area contributed by atoms with Gasteiger partial charge in [0.25, 0.3) is 0 Å². The number of ether oxygens (including phenoxy) is 1. The number of piperidine rings is 1. The van der Waals surface area contributed by atoms with Crippen molar-refractivity contribution < 1.29 is 4.74 Å². The van der Waals surface area contributed by atoms with E-state index in [4.69, 9.17) is 16.3 Å². The van der Waals surface area contributed by atoms with Crippen molar-refractivity contribution in [3.8, 4) is 5.75 Å². The van der Waals surface area contributed by atoms with Crippen molar-refractivity contribution in [3.05, 3.63) is 51.2 Å². The zero-order valence-electron chi connectivity index (χ0n) is 15.8. The van der Waals surface area contributed by atoms with Crippen LogP contribution in [0.2, 0.25) is 4.34 Å². The maximum absolute atomic E-state index is 6.14. The fourth-order valence-electron chi connectivity index (χ4n) is 3.58. The van der Waals surface area contributed by atoms with Gasteiger partial charge in [0.15, 0.2) is 0 Å². The lowest BCUT2D eigenvalue weighted by Crippen LogP contribution is -2.37. The Balaban J connectivity index is 1.59. The largest absolute Gasteiger partial charge is 0.497 e. The lowest BCUT2D eigenvalue weighted by atomic mass is 9.96. The highest BCUT2D eigenvalue weighted by Gasteiger charge is 2.20. The number of thiophene rings is 1. The first-order valence-electron chi connectivity index (χ1n) is 9.40. The van der Waals surface area contributed by atoms with E-state index < -0.39 is 0 Å². The van der Waals surface area contributed by atoms with Crippen LogP contribution in [-0.4, -0.2) is 50.1 Å². The maximum Gasteiger partial charge on any atom is 0.118 e. The molecule has 1 fully saturated rings. The molecule has 0 aliphatic carbocycles. The minimum Gasteiger partial charge on any atom is -0.497 e. The van der Waals surface area contributed by atoms with Gasteiger partial charge in [0.05, 0.1) is 11.4 Å². The van der Waals surface area contributed by atoms with Crippen LogP contribution in [0.4, 0.5) is 0 Å². The molecule has 1 aromatic carbocycles. The van der Waals surface area contributed by atoms with Crippen molar-refractivity contribution in [3.63, 3.8) is 0 Å². The molecule has 0 N–H and O–H groups in total. The van der Waals surface area contributed by atoms with Crippen LogP contribution < -0.4 is 4.74 Å². The number of methoxy groups -OCH3 is 1. The molecule has 0 radical (unpaired) electrons. The number of hydrogen-bond donors (Lipinski definition) is 0. The number of hydrogen-bond acceptors (Lipinski definition) is 4. The van der Waals surface area contributed by atoms with E-state index in [1.54, 1.807) is 18.4 Å². The summed E-state index contributed by atoms with van der Waals surface area (Å²) in [6, 6.07) is 12.6. The number of benzene rings is 1. The van der Waals surface area contributed by atoms with Crippen molar-refractivity contribution in [2.75, 3.05) is 40.3 Å². The maximum atomic E-state index is 6.14. The number of rotatable bonds is 8. The van der Waals surface area contributed by atoms with Crippen LogP contribution in [-0.2, 0) is 13.0 Å². The number of nitrogens with zero attached hydrogens (tertiary/aromatic N) is 2. The van der Waals surface area contributed by atoms with Gasteiger partial charge in [0, 0.05) is 24.5 Å². The van der Waals surface area contributed by atoms with E-state index in [2.05, 4.69) is 47.2 Å². The predicted molar refractivity (Wildman–Crippen MR) is 112 cm³/mol. The molecule has 2 heterocycles. The summed E-state index contributed by atoms with van der Waals surface area (Å²) < 4.78 is 6.14. The molecule has 0 saturated carbocycles. The summed E-state index contributed by atoms with van der Waals surface area (Å²) >= 11 is 7.84. The van der Waals surface area contributed by atoms with Crippen LogP contribution in [0.3, 0.4) is 0 Å². The molecule has 3 rings (SSSR count). The number of likely N-dealkylation sites (tertiary alicyclic amines) is 1. The first-order chi connectivity index (χ1) is 12.6. The van der Waals surface area contributed by atoms with E-state index in [1.165, 1.54) is 42.9 Å². The van der Waals surface area contributed by atoms with E-state index in [0.717, 1.165) is 35.5 Å². The van der Waals surface area contributed by atoms with Crippen LogP contribution >= 0.6 is 22.9 Å². The van der Waals surface area contributed by atoms with E-state index in [9.17, 15) is 0 Å². The van der Waals surface area contributed by atoms with Gasteiger partial charge in [0.1, 0.15) is 5.75 Å². The Morgan fingerprint density at radius 2 is 1.88 bits per heavy atom. The minimum atomic E-state index is 0.803. The summed E-state index contributed by atoms with van der Waals surface area (Å²) in [7, 11) is 3.94. The molecule has 0 unspecified atom stereocenters. The molecule has 5 heteroatoms. The molecule has 0 atom stereocenters. The highest BCUT2D eigenvalue weighted by molar-refractivity contribution is 7.16. The lowest BCUT2D eigenvalue weighted by Gasteiger charge is -2.33. The monoisotopic (exact) mass is 392 g/mol. The second kappa shape index (κ2) is 9.75. The van der Waals surface area contributed by atoms with Gasteiger partial charge in [-0.3, -0.25) is 4.90 Å². The van der Waals surface area contributed by atoms with Gasteiger partial charge in [-0.25, -0.2) is 0 Å². The molecule has 0 amide bonds. The molecule has 3 nitrogen and oxygen atoms in total. The average Bonchev–Trinajstić information content (AvgIpc) is 3.07. The summed E-state index contributed by atoms with van der Waals surface area (Å²) in [6.07, 6.45) is 3.68. The third kappa shape index (κ3) is 5.98. The van der Waals surface area contributed by atoms with Crippen LogP contribution in [0.1, 0.15) is 23.3 Å². The molecule has 1 aliphatic rings. The highest BCUT2D eigenvalue weighted by atomic mass is 35.5. The lowest BCUT2D eigenvalue weighted by molar-refractivity contribution is 0.157. The van der Waals surface area contributed by atoms with Gasteiger partial charge in [-0.1, -0.05) is 23.7 Å². The fraction of sp³-hybridized carbons (Fsp3) is 0.524. The highest BCUT2D eigenvalue weighted by Crippen LogP contribution is 2.25. The van der Waals surface area contributed by atoms with Crippen molar-refractivity contribution in [1.29, 1.82) is 0 Å². The first kappa shape index (κ1) is 19.7.